The summed E-state index contributed by atoms with van der Waals surface area (Å²) in [5, 5.41) is 0. The topological polar surface area (TPSA) is 36.9 Å². The molecule has 0 amide bonds. The standard InChI is InChI=1S/C32H26O4/c1(9-23-33-25-11-13-27-35-29-15-21-31-17-5-3-6-18-31)2-10-24-34-26-12-14-28-36-30-16-22-32-19-7-4-8-20-32/h3-8,17-20H,23-30H2. The van der Waals surface area contributed by atoms with Crippen molar-refractivity contribution in [2.45, 2.75) is 0 Å². The molecule has 36 heavy (non-hydrogen) atoms. The zero-order chi connectivity index (χ0) is 25.2. The van der Waals surface area contributed by atoms with Crippen LogP contribution in [0.2, 0.25) is 0 Å². The Kier molecular flexibility index (Phi) is 16.4. The summed E-state index contributed by atoms with van der Waals surface area (Å²) >= 11 is 0. The van der Waals surface area contributed by atoms with E-state index in [0.29, 0.717) is 26.4 Å². The summed E-state index contributed by atoms with van der Waals surface area (Å²) in [5.74, 6) is 34.3. The third kappa shape index (κ3) is 16.3. The van der Waals surface area contributed by atoms with Crippen molar-refractivity contribution in [3.05, 3.63) is 71.8 Å². The van der Waals surface area contributed by atoms with E-state index >= 15 is 0 Å². The van der Waals surface area contributed by atoms with Gasteiger partial charge in [-0.2, -0.15) is 0 Å². The summed E-state index contributed by atoms with van der Waals surface area (Å²) in [7, 11) is 0. The Hall–Kier alpha value is -4.36. The van der Waals surface area contributed by atoms with E-state index < -0.39 is 0 Å². The van der Waals surface area contributed by atoms with Crippen LogP contribution in [0.4, 0.5) is 0 Å². The van der Waals surface area contributed by atoms with Gasteiger partial charge in [0.05, 0.1) is 0 Å². The average Bonchev–Trinajstić information content (AvgIpc) is 2.92. The molecule has 0 bridgehead atoms. The fraction of sp³-hybridized carbons (Fsp3) is 0.250. The predicted molar refractivity (Wildman–Crippen MR) is 141 cm³/mol. The van der Waals surface area contributed by atoms with Crippen LogP contribution in [0.15, 0.2) is 60.7 Å². The zero-order valence-corrected chi connectivity index (χ0v) is 20.1. The largest absolute Gasteiger partial charge is 0.356 e. The van der Waals surface area contributed by atoms with Crippen LogP contribution in [0.3, 0.4) is 0 Å². The van der Waals surface area contributed by atoms with E-state index in [1.165, 1.54) is 0 Å². The van der Waals surface area contributed by atoms with Crippen LogP contribution in [0.25, 0.3) is 0 Å². The fourth-order valence-corrected chi connectivity index (χ4v) is 2.30. The molecule has 0 saturated heterocycles. The highest BCUT2D eigenvalue weighted by Crippen LogP contribution is 1.95. The molecule has 0 fully saturated rings. The molecule has 0 aromatic heterocycles. The minimum absolute atomic E-state index is 0.259. The number of hydrogen-bond donors (Lipinski definition) is 0. The van der Waals surface area contributed by atoms with E-state index in [9.17, 15) is 0 Å². The van der Waals surface area contributed by atoms with Gasteiger partial charge >= 0.3 is 0 Å². The van der Waals surface area contributed by atoms with E-state index in [2.05, 4.69) is 71.0 Å². The molecule has 0 saturated carbocycles. The summed E-state index contributed by atoms with van der Waals surface area (Å²) < 4.78 is 21.2. The molecule has 0 atom stereocenters. The van der Waals surface area contributed by atoms with E-state index in [1.807, 2.05) is 60.7 Å². The first-order valence-corrected chi connectivity index (χ1v) is 11.2. The second kappa shape index (κ2) is 21.2. The first kappa shape index (κ1) is 27.9. The van der Waals surface area contributed by atoms with Gasteiger partial charge in [-0.05, 0) is 36.1 Å². The van der Waals surface area contributed by atoms with Gasteiger partial charge in [-0.15, -0.1) is 0 Å². The third-order valence-corrected chi connectivity index (χ3v) is 3.90. The molecule has 0 unspecified atom stereocenters. The Bertz CT molecular complexity index is 1160. The van der Waals surface area contributed by atoms with Gasteiger partial charge < -0.3 is 18.9 Å². The molecule has 0 aliphatic heterocycles. The predicted octanol–water partition coefficient (Wildman–Crippen LogP) is 3.17. The molecule has 0 spiro atoms. The summed E-state index contributed by atoms with van der Waals surface area (Å²) in [4.78, 5) is 0. The maximum atomic E-state index is 5.32. The molecule has 2 aromatic carbocycles. The Morgan fingerprint density at radius 1 is 0.361 bits per heavy atom. The van der Waals surface area contributed by atoms with Crippen LogP contribution < -0.4 is 0 Å². The van der Waals surface area contributed by atoms with Crippen molar-refractivity contribution in [3.63, 3.8) is 0 Å². The van der Waals surface area contributed by atoms with E-state index in [1.54, 1.807) is 0 Å². The van der Waals surface area contributed by atoms with Crippen molar-refractivity contribution in [2.75, 3.05) is 52.9 Å². The lowest BCUT2D eigenvalue weighted by Crippen LogP contribution is -1.94. The second-order valence-corrected chi connectivity index (χ2v) is 6.62. The van der Waals surface area contributed by atoms with E-state index in [-0.39, 0.29) is 26.4 Å². The van der Waals surface area contributed by atoms with Gasteiger partial charge in [-0.1, -0.05) is 95.6 Å². The van der Waals surface area contributed by atoms with Crippen molar-refractivity contribution in [2.24, 2.45) is 0 Å². The monoisotopic (exact) mass is 474 g/mol. The van der Waals surface area contributed by atoms with Crippen molar-refractivity contribution in [1.29, 1.82) is 0 Å². The number of hydrogen-bond acceptors (Lipinski definition) is 4. The van der Waals surface area contributed by atoms with Gasteiger partial charge in [-0.25, -0.2) is 0 Å². The van der Waals surface area contributed by atoms with Crippen molar-refractivity contribution < 1.29 is 18.9 Å². The Morgan fingerprint density at radius 2 is 0.667 bits per heavy atom. The van der Waals surface area contributed by atoms with Gasteiger partial charge in [0.1, 0.15) is 52.9 Å². The molecular weight excluding hydrogens is 448 g/mol. The van der Waals surface area contributed by atoms with Crippen LogP contribution in [0.1, 0.15) is 11.1 Å². The maximum Gasteiger partial charge on any atom is 0.110 e. The summed E-state index contributed by atoms with van der Waals surface area (Å²) in [6.45, 7) is 2.38. The molecule has 2 aromatic rings. The van der Waals surface area contributed by atoms with Gasteiger partial charge in [0, 0.05) is 11.1 Å². The minimum atomic E-state index is 0.259. The zero-order valence-electron chi connectivity index (χ0n) is 20.1. The van der Waals surface area contributed by atoms with Crippen LogP contribution >= 0.6 is 0 Å². The molecule has 0 aliphatic rings. The van der Waals surface area contributed by atoms with E-state index in [0.717, 1.165) is 11.1 Å². The van der Waals surface area contributed by atoms with Crippen LogP contribution in [-0.2, 0) is 18.9 Å². The smallest absolute Gasteiger partial charge is 0.110 e. The second-order valence-electron chi connectivity index (χ2n) is 6.62. The molecular formula is C32H26O4. The molecule has 4 nitrogen and oxygen atoms in total. The molecule has 2 rings (SSSR count). The average molecular weight is 475 g/mol. The van der Waals surface area contributed by atoms with Gasteiger partial charge in [0.15, 0.2) is 0 Å². The number of benzene rings is 2. The van der Waals surface area contributed by atoms with Crippen molar-refractivity contribution in [3.8, 4) is 71.0 Å². The highest BCUT2D eigenvalue weighted by Gasteiger charge is 1.84. The van der Waals surface area contributed by atoms with Crippen LogP contribution in [0, 0.1) is 71.0 Å². The first-order chi connectivity index (χ1) is 17.9. The van der Waals surface area contributed by atoms with Gasteiger partial charge in [-0.3, -0.25) is 0 Å². The molecule has 0 aliphatic carbocycles. The molecule has 4 heteroatoms. The maximum absolute atomic E-state index is 5.32. The summed E-state index contributed by atoms with van der Waals surface area (Å²) in [6.07, 6.45) is 0. The quantitative estimate of drug-likeness (QED) is 0.435. The Labute approximate surface area is 214 Å². The van der Waals surface area contributed by atoms with Gasteiger partial charge in [0.2, 0.25) is 0 Å². The number of ether oxygens (including phenoxy) is 4. The van der Waals surface area contributed by atoms with Crippen LogP contribution in [0.5, 0.6) is 0 Å². The van der Waals surface area contributed by atoms with E-state index in [4.69, 9.17) is 18.9 Å². The molecule has 178 valence electrons. The lowest BCUT2D eigenvalue weighted by molar-refractivity contribution is 0.198. The lowest BCUT2D eigenvalue weighted by atomic mass is 10.2. The third-order valence-electron chi connectivity index (χ3n) is 3.90. The number of rotatable bonds is 8. The SMILES string of the molecule is C(C#CCOCC#CCOCC#Cc1ccccc1)#CCOCC#CCOCC#Cc1ccccc1. The fourth-order valence-electron chi connectivity index (χ4n) is 2.30. The normalized spacial score (nSPS) is 8.56. The summed E-state index contributed by atoms with van der Waals surface area (Å²) in [6, 6.07) is 19.5. The van der Waals surface area contributed by atoms with Crippen LogP contribution in [-0.4, -0.2) is 52.9 Å². The Balaban J connectivity index is 1.39. The molecule has 0 N–H and O–H groups in total. The first-order valence-electron chi connectivity index (χ1n) is 11.2. The molecule has 0 radical (unpaired) electrons. The van der Waals surface area contributed by atoms with Gasteiger partial charge in [0.25, 0.3) is 0 Å². The van der Waals surface area contributed by atoms with Crippen molar-refractivity contribution in [1.82, 2.24) is 0 Å². The highest BCUT2D eigenvalue weighted by molar-refractivity contribution is 5.34. The highest BCUT2D eigenvalue weighted by atomic mass is 16.5. The minimum Gasteiger partial charge on any atom is -0.356 e. The Morgan fingerprint density at radius 3 is 1.03 bits per heavy atom. The van der Waals surface area contributed by atoms with Crippen molar-refractivity contribution >= 4 is 0 Å². The summed E-state index contributed by atoms with van der Waals surface area (Å²) in [5.41, 5.74) is 1.93. The molecule has 0 heterocycles. The lowest BCUT2D eigenvalue weighted by Gasteiger charge is -1.92.